The molecular formula is C62H64. The van der Waals surface area contributed by atoms with Crippen LogP contribution >= 0.6 is 0 Å². The van der Waals surface area contributed by atoms with E-state index >= 15 is 0 Å². The van der Waals surface area contributed by atoms with Gasteiger partial charge in [-0.2, -0.15) is 0 Å². The first-order chi connectivity index (χ1) is 30.7. The minimum absolute atomic E-state index is 1.16. The van der Waals surface area contributed by atoms with Gasteiger partial charge in [0.25, 0.3) is 0 Å². The Kier molecular flexibility index (Phi) is 9.99. The second-order valence-electron chi connectivity index (χ2n) is 20.1. The summed E-state index contributed by atoms with van der Waals surface area (Å²) in [7, 11) is 0. The molecule has 0 radical (unpaired) electrons. The van der Waals surface area contributed by atoms with Crippen molar-refractivity contribution in [2.24, 2.45) is 0 Å². The Balaban J connectivity index is 0.988. The van der Waals surface area contributed by atoms with Gasteiger partial charge in [-0.3, -0.25) is 0 Å². The van der Waals surface area contributed by atoms with Crippen molar-refractivity contribution in [1.29, 1.82) is 0 Å². The van der Waals surface area contributed by atoms with Gasteiger partial charge >= 0.3 is 0 Å². The molecule has 0 bridgehead atoms. The summed E-state index contributed by atoms with van der Waals surface area (Å²) in [5.74, 6) is 0. The van der Waals surface area contributed by atoms with Crippen LogP contribution in [-0.2, 0) is 12.8 Å². The summed E-state index contributed by atoms with van der Waals surface area (Å²) in [5, 5.41) is 32.3. The van der Waals surface area contributed by atoms with Gasteiger partial charge in [0.05, 0.1) is 0 Å². The molecule has 0 atom stereocenters. The van der Waals surface area contributed by atoms with Crippen LogP contribution in [-0.4, -0.2) is 0 Å². The van der Waals surface area contributed by atoms with E-state index in [0.717, 1.165) is 12.8 Å². The molecule has 0 saturated carbocycles. The summed E-state index contributed by atoms with van der Waals surface area (Å²) in [5.41, 5.74) is 3.02. The largest absolute Gasteiger partial charge is 0.0654 e. The molecule has 0 aliphatic heterocycles. The van der Waals surface area contributed by atoms with Crippen molar-refractivity contribution in [2.75, 3.05) is 0 Å². The molecule has 0 spiro atoms. The van der Waals surface area contributed by atoms with E-state index in [2.05, 4.69) is 98.8 Å². The van der Waals surface area contributed by atoms with Gasteiger partial charge in [-0.1, -0.05) is 202 Å². The van der Waals surface area contributed by atoms with Gasteiger partial charge in [-0.15, -0.1) is 0 Å². The third-order valence-electron chi connectivity index (χ3n) is 16.0. The number of hydrogen-bond donors (Lipinski definition) is 0. The summed E-state index contributed by atoms with van der Waals surface area (Å²) >= 11 is 0. The van der Waals surface area contributed by atoms with Crippen molar-refractivity contribution in [3.63, 3.8) is 0 Å². The van der Waals surface area contributed by atoms with E-state index < -0.39 is 0 Å². The van der Waals surface area contributed by atoms with Gasteiger partial charge in [0.1, 0.15) is 0 Å². The van der Waals surface area contributed by atoms with E-state index in [4.69, 9.17) is 0 Å². The first kappa shape index (κ1) is 38.7. The summed E-state index contributed by atoms with van der Waals surface area (Å²) < 4.78 is 0. The monoisotopic (exact) mass is 809 g/mol. The fraction of sp³-hybridized carbons (Fsp3) is 0.387. The number of fused-ring (bicyclic) bond motifs is 2. The van der Waals surface area contributed by atoms with Crippen LogP contribution in [0.5, 0.6) is 0 Å². The average Bonchev–Trinajstić information content (AvgIpc) is 3.30. The molecular weight excluding hydrogens is 745 g/mol. The average molecular weight is 809 g/mol. The predicted molar refractivity (Wildman–Crippen MR) is 277 cm³/mol. The second-order valence-corrected chi connectivity index (χ2v) is 20.1. The minimum Gasteiger partial charge on any atom is -0.0654 e. The highest BCUT2D eigenvalue weighted by atomic mass is 14.3. The highest BCUT2D eigenvalue weighted by Crippen LogP contribution is 2.58. The minimum atomic E-state index is 1.16. The molecule has 0 fully saturated rings. The quantitative estimate of drug-likeness (QED) is 0.0363. The molecule has 0 amide bonds. The van der Waals surface area contributed by atoms with Crippen LogP contribution in [0.25, 0.3) is 118 Å². The molecule has 0 heteroatoms. The Morgan fingerprint density at radius 1 is 0.226 bits per heavy atom. The van der Waals surface area contributed by atoms with E-state index in [1.165, 1.54) is 258 Å². The van der Waals surface area contributed by atoms with Crippen molar-refractivity contribution in [2.45, 2.75) is 155 Å². The van der Waals surface area contributed by atoms with Gasteiger partial charge in [0.15, 0.2) is 0 Å². The van der Waals surface area contributed by atoms with Crippen LogP contribution < -0.4 is 0 Å². The highest BCUT2D eigenvalue weighted by Gasteiger charge is 2.29. The molecule has 0 N–H and O–H groups in total. The van der Waals surface area contributed by atoms with E-state index in [0.29, 0.717) is 0 Å². The summed E-state index contributed by atoms with van der Waals surface area (Å²) in [6.45, 7) is 4.63. The van der Waals surface area contributed by atoms with Crippen LogP contribution in [0.4, 0.5) is 0 Å². The number of unbranched alkanes of at least 4 members (excludes halogenated alkanes) is 18. The smallest absolute Gasteiger partial charge is 0.0000260 e. The van der Waals surface area contributed by atoms with E-state index in [-0.39, 0.29) is 0 Å². The molecule has 62 heavy (non-hydrogen) atoms. The molecule has 0 aliphatic rings. The Hall–Kier alpha value is -4.94. The second kappa shape index (κ2) is 16.0. The maximum atomic E-state index is 2.62. The first-order valence-corrected chi connectivity index (χ1v) is 25.5. The van der Waals surface area contributed by atoms with E-state index in [1.54, 1.807) is 0 Å². The topological polar surface area (TPSA) is 0 Å². The molecule has 0 unspecified atom stereocenters. The summed E-state index contributed by atoms with van der Waals surface area (Å²) in [4.78, 5) is 0. The molecule has 0 heterocycles. The van der Waals surface area contributed by atoms with Crippen molar-refractivity contribution >= 4 is 118 Å². The van der Waals surface area contributed by atoms with Crippen molar-refractivity contribution < 1.29 is 0 Å². The summed E-state index contributed by atoms with van der Waals surface area (Å²) in [6.07, 6.45) is 29.9. The van der Waals surface area contributed by atoms with Gasteiger partial charge in [-0.05, 0) is 167 Å². The Bertz CT molecular complexity index is 3200. The molecule has 12 aromatic rings. The van der Waals surface area contributed by atoms with Crippen molar-refractivity contribution in [1.82, 2.24) is 0 Å². The lowest BCUT2D eigenvalue weighted by molar-refractivity contribution is 0.556. The molecule has 12 rings (SSSR count). The number of aryl methyl sites for hydroxylation is 2. The fourth-order valence-corrected chi connectivity index (χ4v) is 13.0. The first-order valence-electron chi connectivity index (χ1n) is 25.5. The zero-order valence-corrected chi connectivity index (χ0v) is 37.6. The molecule has 312 valence electrons. The van der Waals surface area contributed by atoms with Gasteiger partial charge in [-0.25, -0.2) is 0 Å². The lowest BCUT2D eigenvalue weighted by atomic mass is 9.74. The normalized spacial score (nSPS) is 13.1. The van der Waals surface area contributed by atoms with Crippen LogP contribution in [0.1, 0.15) is 153 Å². The lowest BCUT2D eigenvalue weighted by Gasteiger charge is -2.28. The van der Waals surface area contributed by atoms with Crippen LogP contribution in [0.3, 0.4) is 0 Å². The zero-order valence-electron chi connectivity index (χ0n) is 37.6. The molecule has 0 aliphatic carbocycles. The number of rotatable bonds is 22. The molecule has 0 nitrogen and oxygen atoms in total. The third kappa shape index (κ3) is 6.05. The predicted octanol–water partition coefficient (Wildman–Crippen LogP) is 19.9. The lowest BCUT2D eigenvalue weighted by Crippen LogP contribution is -2.00. The number of benzene rings is 12. The maximum Gasteiger partial charge on any atom is -0.0000260 e. The Labute approximate surface area is 368 Å². The standard InChI is InChI=1S/C62H64/c1-3-5-7-9-11-13-15-17-19-21-23-39-33-45-37-43-27-25-42-30-32-48-50-36-40(24-22-20-18-16-14-12-10-8-6-4-2)34-46-38-44-28-26-41-29-31-47-49(35-39)51(45)59-55(43)54(42)58(48)62-60(52(46)50)56(44)53(41)57(47)61(59)62/h25-38H,3-24H2,1-2H3. The Morgan fingerprint density at radius 2 is 0.548 bits per heavy atom. The van der Waals surface area contributed by atoms with Gasteiger partial charge < -0.3 is 0 Å². The highest BCUT2D eigenvalue weighted by molar-refractivity contribution is 6.58. The van der Waals surface area contributed by atoms with E-state index in [1.807, 2.05) is 0 Å². The molecule has 12 aromatic carbocycles. The van der Waals surface area contributed by atoms with Crippen LogP contribution in [0.2, 0.25) is 0 Å². The van der Waals surface area contributed by atoms with Gasteiger partial charge in [0, 0.05) is 0 Å². The Morgan fingerprint density at radius 3 is 0.952 bits per heavy atom. The third-order valence-corrected chi connectivity index (χ3v) is 16.0. The molecule has 0 saturated heterocycles. The van der Waals surface area contributed by atoms with Crippen molar-refractivity contribution in [3.05, 3.63) is 96.1 Å². The van der Waals surface area contributed by atoms with Gasteiger partial charge in [0.2, 0.25) is 0 Å². The van der Waals surface area contributed by atoms with Crippen molar-refractivity contribution in [3.8, 4) is 0 Å². The maximum absolute atomic E-state index is 2.62. The van der Waals surface area contributed by atoms with Crippen LogP contribution in [0.15, 0.2) is 84.9 Å². The summed E-state index contributed by atoms with van der Waals surface area (Å²) in [6, 6.07) is 35.1. The zero-order chi connectivity index (χ0) is 41.3. The molecule has 0 aromatic heterocycles. The van der Waals surface area contributed by atoms with Crippen LogP contribution in [0, 0.1) is 0 Å². The number of hydrogen-bond acceptors (Lipinski definition) is 0. The van der Waals surface area contributed by atoms with E-state index in [9.17, 15) is 0 Å². The fourth-order valence-electron chi connectivity index (χ4n) is 13.0. The SMILES string of the molecule is CCCCCCCCCCCCc1cc2cc3ccc4ccc5c6cc(CCCCCCCCCCCC)cc7cc8ccc9ccc%10c(c1)c2c1c3c4c5c2c(c76)c8c9c%10c12.